The smallest absolute Gasteiger partial charge is 0.246 e. The predicted molar refractivity (Wildman–Crippen MR) is 105 cm³/mol. The zero-order valence-corrected chi connectivity index (χ0v) is 15.9. The lowest BCUT2D eigenvalue weighted by molar-refractivity contribution is -0.137. The number of rotatable bonds is 6. The second kappa shape index (κ2) is 9.55. The van der Waals surface area contributed by atoms with Gasteiger partial charge in [-0.25, -0.2) is 0 Å². The van der Waals surface area contributed by atoms with Gasteiger partial charge in [-0.3, -0.25) is 9.59 Å². The number of carbonyl (C=O) groups is 2. The van der Waals surface area contributed by atoms with Crippen LogP contribution in [0.3, 0.4) is 0 Å². The van der Waals surface area contributed by atoms with Crippen molar-refractivity contribution in [1.29, 1.82) is 0 Å². The number of anilines is 1. The molecule has 27 heavy (non-hydrogen) atoms. The molecule has 2 fully saturated rings. The third kappa shape index (κ3) is 5.32. The summed E-state index contributed by atoms with van der Waals surface area (Å²) in [5.74, 6) is -0.166. The van der Waals surface area contributed by atoms with E-state index < -0.39 is 0 Å². The zero-order chi connectivity index (χ0) is 19.1. The van der Waals surface area contributed by atoms with Gasteiger partial charge < -0.3 is 19.9 Å². The van der Waals surface area contributed by atoms with Crippen LogP contribution in [-0.2, 0) is 20.9 Å². The van der Waals surface area contributed by atoms with Crippen LogP contribution in [0.2, 0.25) is 0 Å². The van der Waals surface area contributed by atoms with E-state index in [0.29, 0.717) is 26.2 Å². The highest BCUT2D eigenvalue weighted by atomic mass is 16.5. The lowest BCUT2D eigenvalue weighted by Crippen LogP contribution is -2.46. The van der Waals surface area contributed by atoms with Crippen LogP contribution >= 0.6 is 0 Å². The standard InChI is InChI=1S/C21H29N3O3/c1-2-21(26)24-12-13-27-18(16-24)14-20(25)22-15-17-8-4-5-9-19(17)23-10-6-3-7-11-23/h2,4-5,8-9,18H,1,3,6-7,10-16H2,(H,22,25)/t18-/m0/s1. The molecule has 1 atom stereocenters. The monoisotopic (exact) mass is 371 g/mol. The second-order valence-corrected chi connectivity index (χ2v) is 7.14. The van der Waals surface area contributed by atoms with Crippen molar-refractivity contribution in [2.24, 2.45) is 0 Å². The number of para-hydroxylation sites is 1. The number of morpholine rings is 1. The molecule has 2 amide bonds. The first-order valence-electron chi connectivity index (χ1n) is 9.80. The van der Waals surface area contributed by atoms with Gasteiger partial charge in [-0.05, 0) is 37.0 Å². The fourth-order valence-electron chi connectivity index (χ4n) is 3.75. The number of piperidine rings is 1. The van der Waals surface area contributed by atoms with Gasteiger partial charge in [0.15, 0.2) is 0 Å². The van der Waals surface area contributed by atoms with Gasteiger partial charge in [-0.15, -0.1) is 0 Å². The summed E-state index contributed by atoms with van der Waals surface area (Å²) in [5.41, 5.74) is 2.36. The van der Waals surface area contributed by atoms with Crippen molar-refractivity contribution in [1.82, 2.24) is 10.2 Å². The third-order valence-corrected chi connectivity index (χ3v) is 5.20. The number of nitrogens with zero attached hydrogens (tertiary/aromatic N) is 2. The average Bonchev–Trinajstić information content (AvgIpc) is 2.72. The van der Waals surface area contributed by atoms with E-state index in [1.165, 1.54) is 31.0 Å². The Morgan fingerprint density at radius 2 is 1.96 bits per heavy atom. The minimum absolute atomic E-state index is 0.0543. The number of hydrogen-bond acceptors (Lipinski definition) is 4. The van der Waals surface area contributed by atoms with Crippen molar-refractivity contribution in [3.63, 3.8) is 0 Å². The van der Waals surface area contributed by atoms with Crippen LogP contribution in [0.4, 0.5) is 5.69 Å². The molecule has 6 heteroatoms. The molecule has 0 aromatic heterocycles. The van der Waals surface area contributed by atoms with Crippen molar-refractivity contribution < 1.29 is 14.3 Å². The zero-order valence-electron chi connectivity index (χ0n) is 15.9. The maximum Gasteiger partial charge on any atom is 0.246 e. The van der Waals surface area contributed by atoms with E-state index in [2.05, 4.69) is 35.0 Å². The fourth-order valence-corrected chi connectivity index (χ4v) is 3.75. The highest BCUT2D eigenvalue weighted by Crippen LogP contribution is 2.24. The van der Waals surface area contributed by atoms with Crippen LogP contribution in [0.5, 0.6) is 0 Å². The quantitative estimate of drug-likeness (QED) is 0.778. The summed E-state index contributed by atoms with van der Waals surface area (Å²) in [7, 11) is 0. The number of benzene rings is 1. The minimum Gasteiger partial charge on any atom is -0.374 e. The van der Waals surface area contributed by atoms with Crippen LogP contribution in [0, 0.1) is 0 Å². The first kappa shape index (κ1) is 19.4. The van der Waals surface area contributed by atoms with Crippen LogP contribution in [-0.4, -0.2) is 55.6 Å². The highest BCUT2D eigenvalue weighted by molar-refractivity contribution is 5.87. The number of carbonyl (C=O) groups excluding carboxylic acids is 2. The first-order chi connectivity index (χ1) is 13.2. The lowest BCUT2D eigenvalue weighted by Gasteiger charge is -2.32. The Balaban J connectivity index is 1.52. The van der Waals surface area contributed by atoms with Gasteiger partial charge in [0.05, 0.1) is 19.1 Å². The average molecular weight is 371 g/mol. The molecule has 0 aliphatic carbocycles. The molecule has 146 valence electrons. The third-order valence-electron chi connectivity index (χ3n) is 5.20. The molecule has 3 rings (SSSR count). The molecule has 2 aliphatic heterocycles. The summed E-state index contributed by atoms with van der Waals surface area (Å²) in [6.45, 7) is 7.61. The molecule has 1 aromatic carbocycles. The normalized spacial score (nSPS) is 20.2. The maximum atomic E-state index is 12.4. The van der Waals surface area contributed by atoms with Crippen LogP contribution in [0.25, 0.3) is 0 Å². The maximum absolute atomic E-state index is 12.4. The van der Waals surface area contributed by atoms with Crippen molar-refractivity contribution in [2.45, 2.75) is 38.3 Å². The van der Waals surface area contributed by atoms with Gasteiger partial charge in [-0.1, -0.05) is 24.8 Å². The Kier molecular flexibility index (Phi) is 6.87. The summed E-state index contributed by atoms with van der Waals surface area (Å²) in [4.78, 5) is 28.2. The van der Waals surface area contributed by atoms with Crippen molar-refractivity contribution >= 4 is 17.5 Å². The van der Waals surface area contributed by atoms with E-state index in [-0.39, 0.29) is 24.3 Å². The summed E-state index contributed by atoms with van der Waals surface area (Å²) in [5, 5.41) is 3.01. The van der Waals surface area contributed by atoms with Gasteiger partial charge >= 0.3 is 0 Å². The van der Waals surface area contributed by atoms with E-state index in [9.17, 15) is 9.59 Å². The molecule has 2 saturated heterocycles. The number of nitrogens with one attached hydrogen (secondary N) is 1. The Morgan fingerprint density at radius 1 is 1.19 bits per heavy atom. The largest absolute Gasteiger partial charge is 0.374 e. The SMILES string of the molecule is C=CC(=O)N1CCO[C@@H](CC(=O)NCc2ccccc2N2CCCCC2)C1. The van der Waals surface area contributed by atoms with E-state index >= 15 is 0 Å². The van der Waals surface area contributed by atoms with Crippen molar-refractivity contribution in [3.05, 3.63) is 42.5 Å². The molecule has 1 N–H and O–H groups in total. The molecule has 0 spiro atoms. The minimum atomic E-state index is -0.264. The Bertz CT molecular complexity index is 670. The molecule has 1 aromatic rings. The van der Waals surface area contributed by atoms with Gasteiger partial charge in [-0.2, -0.15) is 0 Å². The van der Waals surface area contributed by atoms with Gasteiger partial charge in [0.2, 0.25) is 11.8 Å². The number of amides is 2. The molecule has 2 heterocycles. The Hall–Kier alpha value is -2.34. The van der Waals surface area contributed by atoms with Crippen molar-refractivity contribution in [3.8, 4) is 0 Å². The highest BCUT2D eigenvalue weighted by Gasteiger charge is 2.25. The van der Waals surface area contributed by atoms with Crippen LogP contribution in [0.1, 0.15) is 31.2 Å². The van der Waals surface area contributed by atoms with E-state index in [0.717, 1.165) is 18.7 Å². The molecular weight excluding hydrogens is 342 g/mol. The molecular formula is C21H29N3O3. The van der Waals surface area contributed by atoms with E-state index in [4.69, 9.17) is 4.74 Å². The first-order valence-corrected chi connectivity index (χ1v) is 9.80. The van der Waals surface area contributed by atoms with Crippen molar-refractivity contribution in [2.75, 3.05) is 37.7 Å². The Morgan fingerprint density at radius 3 is 2.74 bits per heavy atom. The number of hydrogen-bond donors (Lipinski definition) is 1. The fraction of sp³-hybridized carbons (Fsp3) is 0.524. The van der Waals surface area contributed by atoms with Gasteiger partial charge in [0, 0.05) is 38.4 Å². The van der Waals surface area contributed by atoms with Crippen LogP contribution in [0.15, 0.2) is 36.9 Å². The predicted octanol–water partition coefficient (Wildman–Crippen LogP) is 2.10. The van der Waals surface area contributed by atoms with E-state index in [1.807, 2.05) is 6.07 Å². The molecule has 0 radical (unpaired) electrons. The molecule has 0 unspecified atom stereocenters. The lowest BCUT2D eigenvalue weighted by atomic mass is 10.1. The van der Waals surface area contributed by atoms with E-state index in [1.54, 1.807) is 4.90 Å². The summed E-state index contributed by atoms with van der Waals surface area (Å²) in [6, 6.07) is 8.27. The number of ether oxygens (including phenoxy) is 1. The summed E-state index contributed by atoms with van der Waals surface area (Å²) >= 11 is 0. The Labute approximate surface area is 161 Å². The molecule has 0 bridgehead atoms. The topological polar surface area (TPSA) is 61.9 Å². The molecule has 6 nitrogen and oxygen atoms in total. The van der Waals surface area contributed by atoms with Gasteiger partial charge in [0.1, 0.15) is 0 Å². The molecule has 2 aliphatic rings. The van der Waals surface area contributed by atoms with Crippen LogP contribution < -0.4 is 10.2 Å². The summed E-state index contributed by atoms with van der Waals surface area (Å²) < 4.78 is 5.65. The summed E-state index contributed by atoms with van der Waals surface area (Å²) in [6.07, 6.45) is 5.04. The molecule has 0 saturated carbocycles. The second-order valence-electron chi connectivity index (χ2n) is 7.14. The van der Waals surface area contributed by atoms with Gasteiger partial charge in [0.25, 0.3) is 0 Å².